The van der Waals surface area contributed by atoms with E-state index >= 15 is 0 Å². The number of rotatable bonds is 8. The average Bonchev–Trinajstić information content (AvgIpc) is 2.60. The van der Waals surface area contributed by atoms with E-state index in [4.69, 9.17) is 0 Å². The molecule has 8 heteroatoms. The molecule has 2 aromatic carbocycles. The van der Waals surface area contributed by atoms with E-state index < -0.39 is 15.7 Å². The van der Waals surface area contributed by atoms with Crippen LogP contribution in [0.1, 0.15) is 29.2 Å². The highest BCUT2D eigenvalue weighted by Gasteiger charge is 2.10. The van der Waals surface area contributed by atoms with E-state index in [1.54, 1.807) is 0 Å². The Morgan fingerprint density at radius 1 is 1.10 bits per heavy atom. The summed E-state index contributed by atoms with van der Waals surface area (Å²) in [6.45, 7) is 5.62. The SMILES string of the molecule is CCNC(=NCc1cc(F)ccc1CS(C)(=O)=O)NCCc1cccc(C)c1.I. The maximum absolute atomic E-state index is 13.6. The molecule has 0 aliphatic rings. The van der Waals surface area contributed by atoms with E-state index in [-0.39, 0.29) is 36.3 Å². The molecule has 0 heterocycles. The fourth-order valence-corrected chi connectivity index (χ4v) is 3.71. The maximum Gasteiger partial charge on any atom is 0.191 e. The summed E-state index contributed by atoms with van der Waals surface area (Å²) < 4.78 is 36.9. The van der Waals surface area contributed by atoms with Gasteiger partial charge < -0.3 is 10.6 Å². The number of nitrogens with zero attached hydrogens (tertiary/aromatic N) is 1. The van der Waals surface area contributed by atoms with Gasteiger partial charge in [0.2, 0.25) is 0 Å². The van der Waals surface area contributed by atoms with Crippen LogP contribution in [-0.4, -0.2) is 33.7 Å². The lowest BCUT2D eigenvalue weighted by Gasteiger charge is -2.13. The Labute approximate surface area is 190 Å². The fourth-order valence-electron chi connectivity index (χ4n) is 2.86. The van der Waals surface area contributed by atoms with Gasteiger partial charge in [0.1, 0.15) is 5.82 Å². The Bertz CT molecular complexity index is 933. The van der Waals surface area contributed by atoms with E-state index in [0.29, 0.717) is 30.2 Å². The molecule has 160 valence electrons. The van der Waals surface area contributed by atoms with Gasteiger partial charge in [0.15, 0.2) is 15.8 Å². The molecular formula is C21H29FIN3O2S. The predicted octanol–water partition coefficient (Wildman–Crippen LogP) is 3.59. The molecule has 0 fully saturated rings. The third kappa shape index (κ3) is 9.58. The van der Waals surface area contributed by atoms with Crippen molar-refractivity contribution in [3.8, 4) is 0 Å². The van der Waals surface area contributed by atoms with Gasteiger partial charge in [-0.1, -0.05) is 35.9 Å². The normalized spacial score (nSPS) is 11.7. The zero-order chi connectivity index (χ0) is 20.6. The van der Waals surface area contributed by atoms with Gasteiger partial charge >= 0.3 is 0 Å². The number of hydrogen-bond donors (Lipinski definition) is 2. The van der Waals surface area contributed by atoms with Gasteiger partial charge in [-0.2, -0.15) is 0 Å². The molecule has 0 aliphatic carbocycles. The summed E-state index contributed by atoms with van der Waals surface area (Å²) in [5.41, 5.74) is 3.61. The standard InChI is InChI=1S/C21H28FN3O2S.HI/c1-4-23-21(24-11-10-17-7-5-6-16(2)12-17)25-14-19-13-20(22)9-8-18(19)15-28(3,26)27;/h5-9,12-13H,4,10-11,14-15H2,1-3H3,(H2,23,24,25);1H. The van der Waals surface area contributed by atoms with E-state index in [0.717, 1.165) is 6.42 Å². The van der Waals surface area contributed by atoms with Crippen molar-refractivity contribution in [2.24, 2.45) is 4.99 Å². The summed E-state index contributed by atoms with van der Waals surface area (Å²) in [5, 5.41) is 6.43. The van der Waals surface area contributed by atoms with Crippen LogP contribution in [0.4, 0.5) is 4.39 Å². The number of aryl methyl sites for hydroxylation is 1. The molecule has 0 radical (unpaired) electrons. The second-order valence-electron chi connectivity index (χ2n) is 6.84. The monoisotopic (exact) mass is 533 g/mol. The van der Waals surface area contributed by atoms with Crippen LogP contribution >= 0.6 is 24.0 Å². The first kappa shape index (κ1) is 25.4. The number of hydrogen-bond acceptors (Lipinski definition) is 3. The Hall–Kier alpha value is -1.68. The van der Waals surface area contributed by atoms with Gasteiger partial charge in [0, 0.05) is 19.3 Å². The average molecular weight is 533 g/mol. The number of nitrogens with one attached hydrogen (secondary N) is 2. The first-order chi connectivity index (χ1) is 13.3. The van der Waals surface area contributed by atoms with Crippen LogP contribution in [0.5, 0.6) is 0 Å². The van der Waals surface area contributed by atoms with Gasteiger partial charge in [-0.25, -0.2) is 17.8 Å². The molecule has 0 saturated heterocycles. The molecular weight excluding hydrogens is 504 g/mol. The van der Waals surface area contributed by atoms with Gasteiger partial charge in [-0.05, 0) is 49.1 Å². The second-order valence-corrected chi connectivity index (χ2v) is 8.98. The molecule has 0 amide bonds. The Balaban J connectivity index is 0.00000420. The van der Waals surface area contributed by atoms with Gasteiger partial charge in [0.25, 0.3) is 0 Å². The number of sulfone groups is 1. The highest BCUT2D eigenvalue weighted by molar-refractivity contribution is 14.0. The first-order valence-corrected chi connectivity index (χ1v) is 11.4. The number of halogens is 2. The molecule has 2 aromatic rings. The predicted molar refractivity (Wildman–Crippen MR) is 128 cm³/mol. The van der Waals surface area contributed by atoms with Crippen molar-refractivity contribution in [3.05, 3.63) is 70.5 Å². The third-order valence-electron chi connectivity index (χ3n) is 4.13. The van der Waals surface area contributed by atoms with Gasteiger partial charge in [-0.15, -0.1) is 24.0 Å². The van der Waals surface area contributed by atoms with Gasteiger partial charge in [-0.3, -0.25) is 0 Å². The second kappa shape index (κ2) is 12.1. The van der Waals surface area contributed by atoms with Crippen molar-refractivity contribution in [2.45, 2.75) is 32.6 Å². The fraction of sp³-hybridized carbons (Fsp3) is 0.381. The summed E-state index contributed by atoms with van der Waals surface area (Å²) in [4.78, 5) is 4.50. The highest BCUT2D eigenvalue weighted by Crippen LogP contribution is 2.15. The molecule has 0 spiro atoms. The minimum absolute atomic E-state index is 0. The third-order valence-corrected chi connectivity index (χ3v) is 4.96. The zero-order valence-electron chi connectivity index (χ0n) is 17.0. The molecule has 0 atom stereocenters. The van der Waals surface area contributed by atoms with Crippen molar-refractivity contribution in [2.75, 3.05) is 19.3 Å². The van der Waals surface area contributed by atoms with Crippen LogP contribution in [0.25, 0.3) is 0 Å². The molecule has 2 rings (SSSR count). The Morgan fingerprint density at radius 3 is 2.52 bits per heavy atom. The quantitative estimate of drug-likeness (QED) is 0.309. The summed E-state index contributed by atoms with van der Waals surface area (Å²) >= 11 is 0. The minimum atomic E-state index is -3.21. The first-order valence-electron chi connectivity index (χ1n) is 9.29. The lowest BCUT2D eigenvalue weighted by molar-refractivity contribution is 0.600. The van der Waals surface area contributed by atoms with Crippen molar-refractivity contribution in [1.82, 2.24) is 10.6 Å². The van der Waals surface area contributed by atoms with Crippen LogP contribution in [0, 0.1) is 12.7 Å². The Kier molecular flexibility index (Phi) is 10.6. The van der Waals surface area contributed by atoms with Crippen molar-refractivity contribution >= 4 is 39.8 Å². The van der Waals surface area contributed by atoms with Gasteiger partial charge in [0.05, 0.1) is 12.3 Å². The van der Waals surface area contributed by atoms with Crippen LogP contribution < -0.4 is 10.6 Å². The largest absolute Gasteiger partial charge is 0.357 e. The summed E-state index contributed by atoms with van der Waals surface area (Å²) in [7, 11) is -3.21. The molecule has 0 saturated carbocycles. The smallest absolute Gasteiger partial charge is 0.191 e. The maximum atomic E-state index is 13.6. The molecule has 0 aromatic heterocycles. The summed E-state index contributed by atoms with van der Waals surface area (Å²) in [5.74, 6) is 0.0831. The van der Waals surface area contributed by atoms with Crippen molar-refractivity contribution in [3.63, 3.8) is 0 Å². The molecule has 0 bridgehead atoms. The van der Waals surface area contributed by atoms with Crippen LogP contribution in [0.3, 0.4) is 0 Å². The summed E-state index contributed by atoms with van der Waals surface area (Å²) in [6.07, 6.45) is 2.02. The zero-order valence-corrected chi connectivity index (χ0v) is 20.2. The topological polar surface area (TPSA) is 70.6 Å². The lowest BCUT2D eigenvalue weighted by Crippen LogP contribution is -2.38. The Morgan fingerprint density at radius 2 is 1.86 bits per heavy atom. The molecule has 29 heavy (non-hydrogen) atoms. The summed E-state index contributed by atoms with van der Waals surface area (Å²) in [6, 6.07) is 12.5. The number of guanidine groups is 1. The molecule has 0 aliphatic heterocycles. The van der Waals surface area contributed by atoms with E-state index in [1.807, 2.05) is 13.0 Å². The van der Waals surface area contributed by atoms with Crippen LogP contribution in [-0.2, 0) is 28.6 Å². The molecule has 5 nitrogen and oxygen atoms in total. The van der Waals surface area contributed by atoms with Crippen molar-refractivity contribution in [1.29, 1.82) is 0 Å². The van der Waals surface area contributed by atoms with E-state index in [1.165, 1.54) is 35.6 Å². The minimum Gasteiger partial charge on any atom is -0.357 e. The molecule has 0 unspecified atom stereocenters. The van der Waals surface area contributed by atoms with Crippen LogP contribution in [0.2, 0.25) is 0 Å². The lowest BCUT2D eigenvalue weighted by atomic mass is 10.1. The highest BCUT2D eigenvalue weighted by atomic mass is 127. The number of benzene rings is 2. The van der Waals surface area contributed by atoms with Crippen molar-refractivity contribution < 1.29 is 12.8 Å². The van der Waals surface area contributed by atoms with E-state index in [2.05, 4.69) is 40.7 Å². The van der Waals surface area contributed by atoms with E-state index in [9.17, 15) is 12.8 Å². The molecule has 2 N–H and O–H groups in total. The number of aliphatic imine (C=N–C) groups is 1. The van der Waals surface area contributed by atoms with Crippen LogP contribution in [0.15, 0.2) is 47.5 Å².